The summed E-state index contributed by atoms with van der Waals surface area (Å²) < 4.78 is 10.8. The normalized spacial score (nSPS) is 13.0. The zero-order valence-electron chi connectivity index (χ0n) is 24.1. The molecule has 4 amide bonds. The second-order valence-corrected chi connectivity index (χ2v) is 10.3. The summed E-state index contributed by atoms with van der Waals surface area (Å²) >= 11 is 0. The predicted molar refractivity (Wildman–Crippen MR) is 156 cm³/mol. The molecule has 0 heterocycles. The van der Waals surface area contributed by atoms with Gasteiger partial charge in [-0.1, -0.05) is 48.5 Å². The number of rotatable bonds is 15. The van der Waals surface area contributed by atoms with Gasteiger partial charge < -0.3 is 36.7 Å². The van der Waals surface area contributed by atoms with E-state index < -0.39 is 48.0 Å². The van der Waals surface area contributed by atoms with E-state index in [1.807, 2.05) is 48.5 Å². The maximum atomic E-state index is 13.3. The maximum absolute atomic E-state index is 13.3. The van der Waals surface area contributed by atoms with Crippen molar-refractivity contribution in [2.24, 2.45) is 5.73 Å². The number of carbonyl (C=O) groups excluding carboxylic acids is 5. The van der Waals surface area contributed by atoms with Crippen LogP contribution in [0.15, 0.2) is 48.5 Å². The average molecular weight is 593 g/mol. The molecule has 2 atom stereocenters. The Bertz CT molecular complexity index is 1340. The highest BCUT2D eigenvalue weighted by molar-refractivity contribution is 6.25. The van der Waals surface area contributed by atoms with Gasteiger partial charge in [0.25, 0.3) is 0 Å². The molecule has 43 heavy (non-hydrogen) atoms. The molecule has 1 aliphatic rings. The van der Waals surface area contributed by atoms with Crippen LogP contribution < -0.4 is 21.7 Å². The molecule has 0 saturated heterocycles. The van der Waals surface area contributed by atoms with Crippen molar-refractivity contribution in [3.8, 4) is 11.1 Å². The lowest BCUT2D eigenvalue weighted by Gasteiger charge is -2.23. The molecular weight excluding hydrogens is 556 g/mol. The Morgan fingerprint density at radius 1 is 0.953 bits per heavy atom. The molecule has 5 N–H and O–H groups in total. The summed E-state index contributed by atoms with van der Waals surface area (Å²) in [6, 6.07) is 12.6. The Hall–Kier alpha value is -5.03. The molecule has 0 aromatic heterocycles. The summed E-state index contributed by atoms with van der Waals surface area (Å²) in [6.45, 7) is 3.43. The Morgan fingerprint density at radius 2 is 1.58 bits per heavy atom. The number of primary amides is 1. The SMILES string of the molecule is CC(C)OC(=O)C(CCC(=O)C=[N+]=[N-])NC(=O)C(CCCNC(N)=O)NC(=O)OCC1c2ccccc2-c2ccccc21. The smallest absolute Gasteiger partial charge is 0.407 e. The van der Waals surface area contributed by atoms with Gasteiger partial charge in [-0.15, -0.1) is 0 Å². The van der Waals surface area contributed by atoms with E-state index in [0.717, 1.165) is 22.3 Å². The minimum atomic E-state index is -1.22. The van der Waals surface area contributed by atoms with Gasteiger partial charge in [-0.2, -0.15) is 4.79 Å². The largest absolute Gasteiger partial charge is 0.461 e. The molecule has 2 aromatic carbocycles. The van der Waals surface area contributed by atoms with Gasteiger partial charge in [-0.25, -0.2) is 14.4 Å². The number of amides is 4. The number of alkyl carbamates (subject to hydrolysis) is 1. The van der Waals surface area contributed by atoms with Gasteiger partial charge in [0.05, 0.1) is 6.10 Å². The molecule has 2 unspecified atom stereocenters. The van der Waals surface area contributed by atoms with Crippen LogP contribution in [0.2, 0.25) is 0 Å². The van der Waals surface area contributed by atoms with Gasteiger partial charge >= 0.3 is 24.3 Å². The Labute approximate surface area is 249 Å². The van der Waals surface area contributed by atoms with Gasteiger partial charge in [-0.3, -0.25) is 9.59 Å². The average Bonchev–Trinajstić information content (AvgIpc) is 3.28. The minimum Gasteiger partial charge on any atom is -0.461 e. The zero-order chi connectivity index (χ0) is 31.4. The quantitative estimate of drug-likeness (QED) is 0.0799. The van der Waals surface area contributed by atoms with Crippen LogP contribution in [0.1, 0.15) is 56.6 Å². The van der Waals surface area contributed by atoms with Crippen molar-refractivity contribution in [2.45, 2.75) is 63.6 Å². The third-order valence-electron chi connectivity index (χ3n) is 6.76. The van der Waals surface area contributed by atoms with E-state index in [-0.39, 0.29) is 44.8 Å². The lowest BCUT2D eigenvalue weighted by atomic mass is 9.98. The van der Waals surface area contributed by atoms with Gasteiger partial charge in [-0.05, 0) is 55.4 Å². The molecule has 0 spiro atoms. The Balaban J connectivity index is 1.70. The van der Waals surface area contributed by atoms with Crippen LogP contribution in [0.5, 0.6) is 0 Å². The van der Waals surface area contributed by atoms with Crippen LogP contribution in [0, 0.1) is 0 Å². The molecule has 13 heteroatoms. The second kappa shape index (κ2) is 15.8. The van der Waals surface area contributed by atoms with Gasteiger partial charge in [0.15, 0.2) is 0 Å². The van der Waals surface area contributed by atoms with E-state index in [1.54, 1.807) is 13.8 Å². The molecule has 1 aliphatic carbocycles. The summed E-state index contributed by atoms with van der Waals surface area (Å²) in [6.07, 6.45) is -0.662. The summed E-state index contributed by atoms with van der Waals surface area (Å²) in [5.74, 6) is -2.25. The van der Waals surface area contributed by atoms with Gasteiger partial charge in [0, 0.05) is 18.9 Å². The summed E-state index contributed by atoms with van der Waals surface area (Å²) in [5.41, 5.74) is 17.9. The highest BCUT2D eigenvalue weighted by atomic mass is 16.6. The first-order chi connectivity index (χ1) is 20.6. The van der Waals surface area contributed by atoms with E-state index >= 15 is 0 Å². The topological polar surface area (TPSA) is 202 Å². The molecule has 228 valence electrons. The number of Topliss-reactive ketones (excluding diaryl/α,β-unsaturated/α-hetero) is 1. The number of fused-ring (bicyclic) bond motifs is 3. The number of esters is 1. The predicted octanol–water partition coefficient (Wildman–Crippen LogP) is 2.43. The molecule has 0 saturated carbocycles. The summed E-state index contributed by atoms with van der Waals surface area (Å²) in [5, 5.41) is 7.52. The first-order valence-electron chi connectivity index (χ1n) is 14.0. The molecule has 0 aliphatic heterocycles. The van der Waals surface area contributed by atoms with Crippen LogP contribution >= 0.6 is 0 Å². The number of ketones is 1. The number of ether oxygens (including phenoxy) is 2. The van der Waals surface area contributed by atoms with Crippen molar-refractivity contribution >= 4 is 36.0 Å². The fraction of sp³-hybridized carbons (Fsp3) is 0.400. The van der Waals surface area contributed by atoms with Crippen LogP contribution in [0.25, 0.3) is 16.7 Å². The fourth-order valence-electron chi connectivity index (χ4n) is 4.82. The van der Waals surface area contributed by atoms with Crippen LogP contribution in [0.4, 0.5) is 9.59 Å². The van der Waals surface area contributed by atoms with Crippen LogP contribution in [0.3, 0.4) is 0 Å². The van der Waals surface area contributed by atoms with E-state index in [1.165, 1.54) is 0 Å². The highest BCUT2D eigenvalue weighted by Gasteiger charge is 2.31. The number of urea groups is 1. The van der Waals surface area contributed by atoms with Gasteiger partial charge in [0.1, 0.15) is 18.7 Å². The first kappa shape index (κ1) is 32.5. The van der Waals surface area contributed by atoms with Crippen molar-refractivity contribution in [3.63, 3.8) is 0 Å². The number of benzene rings is 2. The minimum absolute atomic E-state index is 0.0231. The van der Waals surface area contributed by atoms with E-state index in [4.69, 9.17) is 20.7 Å². The second-order valence-electron chi connectivity index (χ2n) is 10.3. The monoisotopic (exact) mass is 592 g/mol. The van der Waals surface area contributed by atoms with Crippen molar-refractivity contribution in [2.75, 3.05) is 13.2 Å². The number of hydrogen-bond acceptors (Lipinski definition) is 7. The number of nitrogens with two attached hydrogens (primary N) is 1. The molecule has 3 rings (SSSR count). The van der Waals surface area contributed by atoms with E-state index in [2.05, 4.69) is 20.7 Å². The number of nitrogens with zero attached hydrogens (tertiary/aromatic N) is 2. The molecule has 0 fully saturated rings. The maximum Gasteiger partial charge on any atom is 0.407 e. The van der Waals surface area contributed by atoms with Crippen molar-refractivity contribution in [1.82, 2.24) is 16.0 Å². The lowest BCUT2D eigenvalue weighted by Crippen LogP contribution is -2.52. The lowest BCUT2D eigenvalue weighted by molar-refractivity contribution is -0.151. The van der Waals surface area contributed by atoms with Gasteiger partial charge in [0.2, 0.25) is 11.7 Å². The number of nitrogens with one attached hydrogen (secondary N) is 3. The van der Waals surface area contributed by atoms with Crippen molar-refractivity contribution < 1.29 is 38.2 Å². The third kappa shape index (κ3) is 9.50. The standard InChI is InChI=1S/C30H36N6O7/c1-18(2)43-28(39)26(14-13-19(37)16-34-32)35-27(38)25(12-7-15-33-29(31)40)36-30(41)42-17-24-22-10-5-3-8-20(22)21-9-4-6-11-23(21)24/h3-6,8-11,16,18,24-26H,7,12-15,17H2,1-2H3,(H,35,38)(H,36,41)(H3,31,33,40). The van der Waals surface area contributed by atoms with Crippen LogP contribution in [-0.2, 0) is 23.9 Å². The number of carbonyl (C=O) groups is 5. The fourth-order valence-corrected chi connectivity index (χ4v) is 4.82. The Kier molecular flexibility index (Phi) is 12.0. The third-order valence-corrected chi connectivity index (χ3v) is 6.76. The number of hydrogen-bond donors (Lipinski definition) is 4. The van der Waals surface area contributed by atoms with E-state index in [0.29, 0.717) is 6.21 Å². The van der Waals surface area contributed by atoms with Crippen molar-refractivity contribution in [1.29, 1.82) is 0 Å². The summed E-state index contributed by atoms with van der Waals surface area (Å²) in [4.78, 5) is 64.5. The highest BCUT2D eigenvalue weighted by Crippen LogP contribution is 2.44. The Morgan fingerprint density at radius 3 is 2.16 bits per heavy atom. The molecule has 0 radical (unpaired) electrons. The van der Waals surface area contributed by atoms with E-state index in [9.17, 15) is 24.0 Å². The summed E-state index contributed by atoms with van der Waals surface area (Å²) in [7, 11) is 0. The first-order valence-corrected chi connectivity index (χ1v) is 14.0. The molecular formula is C30H36N6O7. The molecule has 13 nitrogen and oxygen atoms in total. The molecule has 2 aromatic rings. The molecule has 0 bridgehead atoms. The zero-order valence-corrected chi connectivity index (χ0v) is 24.1. The van der Waals surface area contributed by atoms with Crippen molar-refractivity contribution in [3.05, 3.63) is 65.2 Å². The van der Waals surface area contributed by atoms with Crippen LogP contribution in [-0.4, -0.2) is 72.1 Å².